The average Bonchev–Trinajstić information content (AvgIpc) is 2.56. The van der Waals surface area contributed by atoms with Gasteiger partial charge in [0.25, 0.3) is 0 Å². The van der Waals surface area contributed by atoms with E-state index in [0.29, 0.717) is 12.0 Å². The number of esters is 1. The number of allylic oxidation sites excluding steroid dienone is 2. The molecule has 1 fully saturated rings. The largest absolute Gasteiger partial charge is 0.465 e. The minimum absolute atomic E-state index is 0.232. The molecule has 2 aliphatic rings. The molecule has 2 amide bonds. The van der Waals surface area contributed by atoms with Crippen molar-refractivity contribution in [3.63, 3.8) is 0 Å². The molecular formula is C13H15NO4. The number of fused-ring (bicyclic) bond motifs is 1. The van der Waals surface area contributed by atoms with Gasteiger partial charge in [-0.2, -0.15) is 0 Å². The molecule has 1 aliphatic carbocycles. The molecule has 1 saturated heterocycles. The second-order valence-electron chi connectivity index (χ2n) is 4.36. The second kappa shape index (κ2) is 4.76. The van der Waals surface area contributed by atoms with Crippen LogP contribution in [0.25, 0.3) is 0 Å². The highest BCUT2D eigenvalue weighted by atomic mass is 16.5. The monoisotopic (exact) mass is 249 g/mol. The predicted molar refractivity (Wildman–Crippen MR) is 63.2 cm³/mol. The summed E-state index contributed by atoms with van der Waals surface area (Å²) >= 11 is 0. The Bertz CT molecular complexity index is 452. The number of amides is 2. The van der Waals surface area contributed by atoms with Crippen LogP contribution in [0.3, 0.4) is 0 Å². The Labute approximate surface area is 105 Å². The topological polar surface area (TPSA) is 63.7 Å². The molecule has 0 aromatic carbocycles. The summed E-state index contributed by atoms with van der Waals surface area (Å²) in [5.74, 6) is -2.10. The molecule has 0 aromatic heterocycles. The molecule has 18 heavy (non-hydrogen) atoms. The Hall–Kier alpha value is -1.91. The van der Waals surface area contributed by atoms with E-state index in [2.05, 4.69) is 6.58 Å². The van der Waals surface area contributed by atoms with Crippen molar-refractivity contribution in [2.45, 2.75) is 13.3 Å². The molecule has 2 rings (SSSR count). The lowest BCUT2D eigenvalue weighted by Crippen LogP contribution is -2.36. The van der Waals surface area contributed by atoms with Crippen LogP contribution < -0.4 is 0 Å². The van der Waals surface area contributed by atoms with Crippen LogP contribution in [0.15, 0.2) is 24.3 Å². The van der Waals surface area contributed by atoms with Gasteiger partial charge in [0.2, 0.25) is 11.8 Å². The van der Waals surface area contributed by atoms with Crippen molar-refractivity contribution in [1.82, 2.24) is 4.90 Å². The van der Waals surface area contributed by atoms with Crippen molar-refractivity contribution in [3.8, 4) is 0 Å². The maximum atomic E-state index is 12.1. The second-order valence-corrected chi connectivity index (χ2v) is 4.36. The molecular weight excluding hydrogens is 234 g/mol. The Morgan fingerprint density at radius 3 is 2.83 bits per heavy atom. The van der Waals surface area contributed by atoms with Gasteiger partial charge in [-0.05, 0) is 18.9 Å². The fraction of sp³-hybridized carbons (Fsp3) is 0.462. The predicted octanol–water partition coefficient (Wildman–Crippen LogP) is 0.667. The summed E-state index contributed by atoms with van der Waals surface area (Å²) in [6.45, 7) is 5.40. The van der Waals surface area contributed by atoms with E-state index in [1.165, 1.54) is 0 Å². The fourth-order valence-corrected chi connectivity index (χ4v) is 2.41. The summed E-state index contributed by atoms with van der Waals surface area (Å²) in [4.78, 5) is 36.5. The molecule has 96 valence electrons. The molecule has 0 bridgehead atoms. The fourth-order valence-electron chi connectivity index (χ4n) is 2.41. The van der Waals surface area contributed by atoms with Crippen molar-refractivity contribution in [1.29, 1.82) is 0 Å². The molecule has 0 aromatic rings. The average molecular weight is 249 g/mol. The summed E-state index contributed by atoms with van der Waals surface area (Å²) in [5.41, 5.74) is 0.635. The maximum absolute atomic E-state index is 12.1. The highest BCUT2D eigenvalue weighted by molar-refractivity contribution is 6.08. The van der Waals surface area contributed by atoms with Gasteiger partial charge < -0.3 is 4.74 Å². The van der Waals surface area contributed by atoms with Crippen LogP contribution in [0, 0.1) is 11.8 Å². The summed E-state index contributed by atoms with van der Waals surface area (Å²) in [7, 11) is 0. The van der Waals surface area contributed by atoms with Gasteiger partial charge in [-0.15, -0.1) is 0 Å². The van der Waals surface area contributed by atoms with E-state index in [1.807, 2.05) is 6.08 Å². The van der Waals surface area contributed by atoms with Crippen LogP contribution in [0.1, 0.15) is 13.3 Å². The summed E-state index contributed by atoms with van der Waals surface area (Å²) in [5, 5.41) is 0. The van der Waals surface area contributed by atoms with Crippen molar-refractivity contribution in [3.05, 3.63) is 24.3 Å². The molecule has 0 spiro atoms. The molecule has 2 unspecified atom stereocenters. The van der Waals surface area contributed by atoms with E-state index in [9.17, 15) is 14.4 Å². The summed E-state index contributed by atoms with van der Waals surface area (Å²) in [6, 6.07) is 0. The molecule has 5 heteroatoms. The number of carbonyl (C=O) groups is 3. The third-order valence-corrected chi connectivity index (χ3v) is 3.23. The van der Waals surface area contributed by atoms with Crippen molar-refractivity contribution in [2.24, 2.45) is 11.8 Å². The quantitative estimate of drug-likeness (QED) is 0.544. The van der Waals surface area contributed by atoms with Gasteiger partial charge in [-0.1, -0.05) is 18.7 Å². The number of likely N-dealkylation sites (tertiary alicyclic amines) is 1. The van der Waals surface area contributed by atoms with E-state index in [4.69, 9.17) is 4.74 Å². The number of nitrogens with zero attached hydrogens (tertiary/aromatic N) is 1. The lowest BCUT2D eigenvalue weighted by Gasteiger charge is -2.17. The van der Waals surface area contributed by atoms with Gasteiger partial charge in [-0.25, -0.2) is 0 Å². The maximum Gasteiger partial charge on any atom is 0.326 e. The lowest BCUT2D eigenvalue weighted by atomic mass is 9.82. The normalized spacial score (nSPS) is 26.5. The minimum atomic E-state index is -0.559. The molecule has 2 atom stereocenters. The Morgan fingerprint density at radius 2 is 2.22 bits per heavy atom. The van der Waals surface area contributed by atoms with Crippen LogP contribution in [0.2, 0.25) is 0 Å². The first-order chi connectivity index (χ1) is 8.56. The molecule has 5 nitrogen and oxygen atoms in total. The third kappa shape index (κ3) is 1.96. The van der Waals surface area contributed by atoms with Crippen LogP contribution in [-0.4, -0.2) is 35.8 Å². The smallest absolute Gasteiger partial charge is 0.326 e. The first-order valence-electron chi connectivity index (χ1n) is 5.92. The zero-order valence-corrected chi connectivity index (χ0v) is 10.2. The highest BCUT2D eigenvalue weighted by Crippen LogP contribution is 2.37. The van der Waals surface area contributed by atoms with Crippen molar-refractivity contribution >= 4 is 17.8 Å². The number of rotatable bonds is 3. The zero-order chi connectivity index (χ0) is 13.3. The third-order valence-electron chi connectivity index (χ3n) is 3.23. The minimum Gasteiger partial charge on any atom is -0.465 e. The first-order valence-corrected chi connectivity index (χ1v) is 5.92. The van der Waals surface area contributed by atoms with Crippen LogP contribution in [-0.2, 0) is 19.1 Å². The van der Waals surface area contributed by atoms with E-state index < -0.39 is 17.8 Å². The molecule has 0 saturated carbocycles. The summed E-state index contributed by atoms with van der Waals surface area (Å²) in [6.07, 6.45) is 4.12. The molecule has 0 N–H and O–H groups in total. The van der Waals surface area contributed by atoms with Crippen LogP contribution >= 0.6 is 0 Å². The van der Waals surface area contributed by atoms with E-state index in [1.54, 1.807) is 13.0 Å². The number of ether oxygens (including phenoxy) is 1. The van der Waals surface area contributed by atoms with Gasteiger partial charge in [0.05, 0.1) is 18.4 Å². The van der Waals surface area contributed by atoms with Crippen LogP contribution in [0.4, 0.5) is 0 Å². The SMILES string of the molecule is C=C1C=CCC2C(=O)N(CC(=O)OCC)C(=O)C12. The Balaban J connectivity index is 2.16. The van der Waals surface area contributed by atoms with E-state index >= 15 is 0 Å². The van der Waals surface area contributed by atoms with Gasteiger partial charge in [-0.3, -0.25) is 19.3 Å². The van der Waals surface area contributed by atoms with Gasteiger partial charge in [0.1, 0.15) is 6.54 Å². The van der Waals surface area contributed by atoms with Crippen molar-refractivity contribution in [2.75, 3.05) is 13.2 Å². The number of carbonyl (C=O) groups excluding carboxylic acids is 3. The van der Waals surface area contributed by atoms with Crippen LogP contribution in [0.5, 0.6) is 0 Å². The standard InChI is InChI=1S/C13H15NO4/c1-3-18-10(15)7-14-12(16)9-6-4-5-8(2)11(9)13(14)17/h4-5,9,11H,2-3,6-7H2,1H3. The highest BCUT2D eigenvalue weighted by Gasteiger charge is 2.49. The molecule has 1 heterocycles. The van der Waals surface area contributed by atoms with Gasteiger partial charge >= 0.3 is 5.97 Å². The Morgan fingerprint density at radius 1 is 1.50 bits per heavy atom. The zero-order valence-electron chi connectivity index (χ0n) is 10.2. The molecule has 1 aliphatic heterocycles. The van der Waals surface area contributed by atoms with E-state index in [0.717, 1.165) is 4.90 Å². The van der Waals surface area contributed by atoms with Gasteiger partial charge in [0, 0.05) is 0 Å². The lowest BCUT2D eigenvalue weighted by molar-refractivity contribution is -0.152. The van der Waals surface area contributed by atoms with E-state index in [-0.39, 0.29) is 25.0 Å². The Kier molecular flexibility index (Phi) is 3.32. The number of hydrogen-bond donors (Lipinski definition) is 0. The first kappa shape index (κ1) is 12.5. The van der Waals surface area contributed by atoms with Gasteiger partial charge in [0.15, 0.2) is 0 Å². The summed E-state index contributed by atoms with van der Waals surface area (Å²) < 4.78 is 4.76. The van der Waals surface area contributed by atoms with Crippen molar-refractivity contribution < 1.29 is 19.1 Å². The molecule has 0 radical (unpaired) electrons. The number of imide groups is 1. The number of hydrogen-bond acceptors (Lipinski definition) is 4.